The summed E-state index contributed by atoms with van der Waals surface area (Å²) in [6.07, 6.45) is 3.70. The third-order valence-corrected chi connectivity index (χ3v) is 5.56. The number of hydrogen-bond acceptors (Lipinski definition) is 3. The van der Waals surface area contributed by atoms with Crippen LogP contribution in [0.2, 0.25) is 0 Å². The van der Waals surface area contributed by atoms with Crippen LogP contribution >= 0.6 is 0 Å². The number of amides is 1. The maximum Gasteiger partial charge on any atom is 0.241 e. The minimum Gasteiger partial charge on any atom is -0.329 e. The van der Waals surface area contributed by atoms with E-state index >= 15 is 0 Å². The molecule has 4 rings (SSSR count). The zero-order valence-electron chi connectivity index (χ0n) is 17.4. The van der Waals surface area contributed by atoms with Crippen LogP contribution in [0.5, 0.6) is 0 Å². The number of hydrogen-bond donors (Lipinski definition) is 0. The fraction of sp³-hybridized carbons (Fsp3) is 0.292. The summed E-state index contributed by atoms with van der Waals surface area (Å²) in [4.78, 5) is 24.7. The van der Waals surface area contributed by atoms with E-state index in [0.717, 1.165) is 29.1 Å². The largest absolute Gasteiger partial charge is 0.329 e. The number of aromatic nitrogens is 2. The highest BCUT2D eigenvalue weighted by molar-refractivity contribution is 5.96. The second kappa shape index (κ2) is 8.52. The van der Waals surface area contributed by atoms with Crippen LogP contribution in [-0.4, -0.2) is 40.0 Å². The van der Waals surface area contributed by atoms with Crippen molar-refractivity contribution in [2.75, 3.05) is 24.5 Å². The van der Waals surface area contributed by atoms with Crippen molar-refractivity contribution in [3.8, 4) is 0 Å². The molecule has 0 radical (unpaired) electrons. The van der Waals surface area contributed by atoms with Crippen molar-refractivity contribution in [2.24, 2.45) is 0 Å². The lowest BCUT2D eigenvalue weighted by Crippen LogP contribution is -2.50. The van der Waals surface area contributed by atoms with Gasteiger partial charge in [0.25, 0.3) is 0 Å². The molecular weight excluding hydrogens is 374 g/mol. The quantitative estimate of drug-likeness (QED) is 0.611. The first kappa shape index (κ1) is 19.9. The molecule has 1 aliphatic heterocycles. The molecule has 0 unspecified atom stereocenters. The number of imidazole rings is 1. The zero-order valence-corrected chi connectivity index (χ0v) is 17.4. The first-order valence-electron chi connectivity index (χ1n) is 10.1. The zero-order chi connectivity index (χ0) is 21.1. The minimum absolute atomic E-state index is 0.135. The monoisotopic (exact) mass is 399 g/mol. The Morgan fingerprint density at radius 3 is 2.60 bits per heavy atom. The van der Waals surface area contributed by atoms with Gasteiger partial charge in [-0.15, -0.1) is 0 Å². The van der Waals surface area contributed by atoms with E-state index in [1.807, 2.05) is 41.7 Å². The second-order valence-electron chi connectivity index (χ2n) is 7.84. The molecule has 0 atom stereocenters. The van der Waals surface area contributed by atoms with Crippen molar-refractivity contribution < 1.29 is 4.79 Å². The summed E-state index contributed by atoms with van der Waals surface area (Å²) in [7, 11) is 0. The Labute approximate surface area is 177 Å². The van der Waals surface area contributed by atoms with Crippen LogP contribution < -0.4 is 4.90 Å². The standard InChI is InChI=1S/C24H25N5O/c1-18-4-5-19(2)23(12-18)29-11-10-27(16-24(29)30)15-22-13-26-17-28(22)14-20-6-8-21(25-3)9-7-20/h4-9,12-13,17H,10-11,14-16H2,1-2H3. The van der Waals surface area contributed by atoms with Crippen LogP contribution in [0.4, 0.5) is 11.4 Å². The molecule has 0 bridgehead atoms. The Morgan fingerprint density at radius 2 is 1.87 bits per heavy atom. The maximum absolute atomic E-state index is 12.9. The molecule has 0 saturated carbocycles. The summed E-state index contributed by atoms with van der Waals surface area (Å²) in [5.41, 5.74) is 6.16. The predicted octanol–water partition coefficient (Wildman–Crippen LogP) is 3.95. The molecule has 3 aromatic rings. The van der Waals surface area contributed by atoms with E-state index in [4.69, 9.17) is 6.57 Å². The number of aryl methyl sites for hydroxylation is 2. The van der Waals surface area contributed by atoms with E-state index < -0.39 is 0 Å². The third kappa shape index (κ3) is 4.27. The Hall–Kier alpha value is -3.43. The minimum atomic E-state index is 0.135. The predicted molar refractivity (Wildman–Crippen MR) is 118 cm³/mol. The average Bonchev–Trinajstić information content (AvgIpc) is 3.17. The highest BCUT2D eigenvalue weighted by Gasteiger charge is 2.26. The first-order chi connectivity index (χ1) is 14.5. The summed E-state index contributed by atoms with van der Waals surface area (Å²) in [6.45, 7) is 14.5. The van der Waals surface area contributed by atoms with E-state index in [-0.39, 0.29) is 5.91 Å². The molecule has 152 valence electrons. The molecule has 2 heterocycles. The van der Waals surface area contributed by atoms with E-state index in [9.17, 15) is 4.79 Å². The number of nitrogens with zero attached hydrogens (tertiary/aromatic N) is 5. The molecule has 1 amide bonds. The molecule has 6 heteroatoms. The van der Waals surface area contributed by atoms with Gasteiger partial charge in [-0.3, -0.25) is 9.69 Å². The molecule has 1 saturated heterocycles. The van der Waals surface area contributed by atoms with Crippen molar-refractivity contribution in [3.05, 3.63) is 88.8 Å². The number of benzene rings is 2. The van der Waals surface area contributed by atoms with Crippen LogP contribution in [0.1, 0.15) is 22.4 Å². The molecule has 0 aliphatic carbocycles. The second-order valence-corrected chi connectivity index (χ2v) is 7.84. The fourth-order valence-electron chi connectivity index (χ4n) is 3.85. The Balaban J connectivity index is 1.42. The van der Waals surface area contributed by atoms with Gasteiger partial charge in [0.05, 0.1) is 25.1 Å². The molecule has 1 fully saturated rings. The molecular formula is C24H25N5O. The van der Waals surface area contributed by atoms with Crippen molar-refractivity contribution in [1.82, 2.24) is 14.5 Å². The number of carbonyl (C=O) groups excluding carboxylic acids is 1. The molecule has 1 aliphatic rings. The van der Waals surface area contributed by atoms with Crippen LogP contribution in [-0.2, 0) is 17.9 Å². The van der Waals surface area contributed by atoms with E-state index in [1.54, 1.807) is 0 Å². The lowest BCUT2D eigenvalue weighted by Gasteiger charge is -2.35. The summed E-state index contributed by atoms with van der Waals surface area (Å²) < 4.78 is 2.11. The molecule has 0 N–H and O–H groups in total. The fourth-order valence-corrected chi connectivity index (χ4v) is 3.85. The number of rotatable bonds is 5. The molecule has 1 aromatic heterocycles. The molecule has 2 aromatic carbocycles. The Kier molecular flexibility index (Phi) is 5.64. The van der Waals surface area contributed by atoms with Crippen molar-refractivity contribution >= 4 is 17.3 Å². The van der Waals surface area contributed by atoms with Gasteiger partial charge in [-0.25, -0.2) is 9.83 Å². The summed E-state index contributed by atoms with van der Waals surface area (Å²) in [5.74, 6) is 0.135. The summed E-state index contributed by atoms with van der Waals surface area (Å²) in [5, 5.41) is 0. The van der Waals surface area contributed by atoms with Crippen LogP contribution in [0.15, 0.2) is 55.0 Å². The smallest absolute Gasteiger partial charge is 0.241 e. The first-order valence-corrected chi connectivity index (χ1v) is 10.1. The van der Waals surface area contributed by atoms with Gasteiger partial charge in [-0.2, -0.15) is 0 Å². The topological polar surface area (TPSA) is 45.7 Å². The van der Waals surface area contributed by atoms with Crippen LogP contribution in [0, 0.1) is 20.4 Å². The van der Waals surface area contributed by atoms with Gasteiger partial charge in [-0.1, -0.05) is 36.4 Å². The highest BCUT2D eigenvalue weighted by atomic mass is 16.2. The molecule has 0 spiro atoms. The van der Waals surface area contributed by atoms with Crippen LogP contribution in [0.3, 0.4) is 0 Å². The lowest BCUT2D eigenvalue weighted by molar-refractivity contribution is -0.121. The maximum atomic E-state index is 12.9. The number of carbonyl (C=O) groups is 1. The van der Waals surface area contributed by atoms with Gasteiger partial charge in [0.15, 0.2) is 5.69 Å². The van der Waals surface area contributed by atoms with Crippen molar-refractivity contribution in [1.29, 1.82) is 0 Å². The van der Waals surface area contributed by atoms with Crippen molar-refractivity contribution in [2.45, 2.75) is 26.9 Å². The summed E-state index contributed by atoms with van der Waals surface area (Å²) >= 11 is 0. The van der Waals surface area contributed by atoms with Gasteiger partial charge < -0.3 is 9.47 Å². The Bertz CT molecular complexity index is 1090. The van der Waals surface area contributed by atoms with E-state index in [2.05, 4.69) is 51.3 Å². The third-order valence-electron chi connectivity index (χ3n) is 5.56. The summed E-state index contributed by atoms with van der Waals surface area (Å²) in [6, 6.07) is 13.9. The van der Waals surface area contributed by atoms with Crippen LogP contribution in [0.25, 0.3) is 4.85 Å². The number of anilines is 1. The van der Waals surface area contributed by atoms with Gasteiger partial charge in [0.1, 0.15) is 0 Å². The highest BCUT2D eigenvalue weighted by Crippen LogP contribution is 2.24. The van der Waals surface area contributed by atoms with Gasteiger partial charge in [0, 0.05) is 38.1 Å². The SMILES string of the molecule is [C-]#[N+]c1ccc(Cn2cncc2CN2CCN(c3cc(C)ccc3C)C(=O)C2)cc1. The average molecular weight is 399 g/mol. The van der Waals surface area contributed by atoms with E-state index in [1.165, 1.54) is 5.56 Å². The Morgan fingerprint density at radius 1 is 1.07 bits per heavy atom. The lowest BCUT2D eigenvalue weighted by atomic mass is 10.1. The molecule has 6 nitrogen and oxygen atoms in total. The van der Waals surface area contributed by atoms with E-state index in [0.29, 0.717) is 31.9 Å². The normalized spacial score (nSPS) is 14.7. The van der Waals surface area contributed by atoms with Crippen molar-refractivity contribution in [3.63, 3.8) is 0 Å². The van der Waals surface area contributed by atoms with Gasteiger partial charge >= 0.3 is 0 Å². The molecule has 30 heavy (non-hydrogen) atoms. The van der Waals surface area contributed by atoms with Gasteiger partial charge in [-0.05, 0) is 36.6 Å². The number of piperazine rings is 1. The van der Waals surface area contributed by atoms with Gasteiger partial charge in [0.2, 0.25) is 5.91 Å².